The highest BCUT2D eigenvalue weighted by Crippen LogP contribution is 2.54. The molecular formula is C54H34O. The molecule has 0 fully saturated rings. The van der Waals surface area contributed by atoms with E-state index in [1.807, 2.05) is 36.4 Å². The van der Waals surface area contributed by atoms with Gasteiger partial charge in [-0.2, -0.15) is 0 Å². The summed E-state index contributed by atoms with van der Waals surface area (Å²) in [6, 6.07) is 67.0. The Bertz CT molecular complexity index is 3290. The van der Waals surface area contributed by atoms with E-state index >= 15 is 4.79 Å². The van der Waals surface area contributed by atoms with Crippen LogP contribution >= 0.6 is 0 Å². The lowest BCUT2D eigenvalue weighted by Crippen LogP contribution is -2.01. The molecule has 1 nitrogen and oxygen atoms in total. The molecule has 0 N–H and O–H groups in total. The fourth-order valence-electron chi connectivity index (χ4n) is 9.40. The van der Waals surface area contributed by atoms with Gasteiger partial charge in [-0.3, -0.25) is 4.79 Å². The first-order valence-electron chi connectivity index (χ1n) is 19.0. The minimum Gasteiger partial charge on any atom is -0.289 e. The smallest absolute Gasteiger partial charge is 0.195 e. The van der Waals surface area contributed by atoms with Gasteiger partial charge >= 0.3 is 0 Å². The van der Waals surface area contributed by atoms with Crippen molar-refractivity contribution in [2.24, 2.45) is 0 Å². The van der Waals surface area contributed by atoms with Crippen LogP contribution in [0, 0.1) is 6.92 Å². The van der Waals surface area contributed by atoms with Gasteiger partial charge in [0.15, 0.2) is 5.43 Å². The van der Waals surface area contributed by atoms with Gasteiger partial charge in [-0.1, -0.05) is 188 Å². The predicted octanol–water partition coefficient (Wildman–Crippen LogP) is 14.3. The lowest BCUT2D eigenvalue weighted by atomic mass is 9.79. The van der Waals surface area contributed by atoms with E-state index in [2.05, 4.69) is 159 Å². The zero-order valence-corrected chi connectivity index (χ0v) is 30.3. The van der Waals surface area contributed by atoms with Crippen molar-refractivity contribution in [2.75, 3.05) is 0 Å². The van der Waals surface area contributed by atoms with Gasteiger partial charge < -0.3 is 0 Å². The highest BCUT2D eigenvalue weighted by molar-refractivity contribution is 6.45. The maximum atomic E-state index is 15.1. The van der Waals surface area contributed by atoms with Crippen LogP contribution in [0.2, 0.25) is 0 Å². The van der Waals surface area contributed by atoms with Gasteiger partial charge in [0.05, 0.1) is 0 Å². The van der Waals surface area contributed by atoms with Crippen molar-refractivity contribution in [1.29, 1.82) is 0 Å². The van der Waals surface area contributed by atoms with E-state index in [4.69, 9.17) is 0 Å². The number of aryl methyl sites for hydroxylation is 1. The van der Waals surface area contributed by atoms with Gasteiger partial charge in [0.2, 0.25) is 0 Å². The molecule has 11 aromatic carbocycles. The molecular weight excluding hydrogens is 665 g/mol. The van der Waals surface area contributed by atoms with E-state index < -0.39 is 0 Å². The molecule has 0 saturated carbocycles. The molecule has 0 aliphatic rings. The van der Waals surface area contributed by atoms with Gasteiger partial charge in [0.25, 0.3) is 0 Å². The van der Waals surface area contributed by atoms with Gasteiger partial charge in [-0.15, -0.1) is 0 Å². The molecule has 0 aromatic heterocycles. The first kappa shape index (κ1) is 31.4. The summed E-state index contributed by atoms with van der Waals surface area (Å²) in [6.45, 7) is 2.17. The molecule has 0 amide bonds. The van der Waals surface area contributed by atoms with Crippen molar-refractivity contribution in [3.8, 4) is 55.6 Å². The van der Waals surface area contributed by atoms with Gasteiger partial charge in [-0.25, -0.2) is 0 Å². The Morgan fingerprint density at radius 3 is 1.15 bits per heavy atom. The summed E-state index contributed by atoms with van der Waals surface area (Å²) in [7, 11) is 0. The zero-order chi connectivity index (χ0) is 36.6. The lowest BCUT2D eigenvalue weighted by molar-refractivity contribution is 1.47. The maximum absolute atomic E-state index is 15.1. The number of hydrogen-bond acceptors (Lipinski definition) is 1. The average Bonchev–Trinajstić information content (AvgIpc) is 3.56. The summed E-state index contributed by atoms with van der Waals surface area (Å²) in [4.78, 5) is 15.1. The van der Waals surface area contributed by atoms with Crippen LogP contribution in [-0.4, -0.2) is 0 Å². The van der Waals surface area contributed by atoms with Crippen molar-refractivity contribution >= 4 is 53.9 Å². The van der Waals surface area contributed by atoms with Crippen LogP contribution in [0.3, 0.4) is 0 Å². The Balaban J connectivity index is 1.45. The van der Waals surface area contributed by atoms with Crippen molar-refractivity contribution in [1.82, 2.24) is 0 Å². The Morgan fingerprint density at radius 2 is 0.673 bits per heavy atom. The summed E-state index contributed by atoms with van der Waals surface area (Å²) in [5, 5.41) is 11.5. The monoisotopic (exact) mass is 698 g/mol. The summed E-state index contributed by atoms with van der Waals surface area (Å²) in [6.07, 6.45) is 0. The number of fused-ring (bicyclic) bond motifs is 6. The van der Waals surface area contributed by atoms with Crippen molar-refractivity contribution in [2.45, 2.75) is 6.92 Å². The fraction of sp³-hybridized carbons (Fsp3) is 0.0185. The fourth-order valence-corrected chi connectivity index (χ4v) is 9.40. The van der Waals surface area contributed by atoms with Crippen molar-refractivity contribution in [3.05, 3.63) is 204 Å². The second kappa shape index (κ2) is 12.2. The molecule has 55 heavy (non-hydrogen) atoms. The topological polar surface area (TPSA) is 17.1 Å². The summed E-state index contributed by atoms with van der Waals surface area (Å²) in [5.74, 6) is 0. The van der Waals surface area contributed by atoms with Gasteiger partial charge in [0.1, 0.15) is 0 Å². The van der Waals surface area contributed by atoms with E-state index in [-0.39, 0.29) is 5.43 Å². The molecule has 0 saturated heterocycles. The van der Waals surface area contributed by atoms with Crippen molar-refractivity contribution in [3.63, 3.8) is 0 Å². The molecule has 0 heterocycles. The SMILES string of the molecule is Cc1cccc(-c2cc(-c3ccccc3)c3c4cccc5c6c(-c7ccccc7)c(=O)c(-c7ccccc7)c6c6cccc(c3c2-c2ccccc2)c6c45)c1. The van der Waals surface area contributed by atoms with E-state index in [1.165, 1.54) is 71.3 Å². The third-order valence-electron chi connectivity index (χ3n) is 11.6. The van der Waals surface area contributed by atoms with Gasteiger partial charge in [0, 0.05) is 21.9 Å². The molecule has 0 atom stereocenters. The predicted molar refractivity (Wildman–Crippen MR) is 235 cm³/mol. The molecule has 0 unspecified atom stereocenters. The van der Waals surface area contributed by atoms with E-state index in [0.29, 0.717) is 0 Å². The third-order valence-corrected chi connectivity index (χ3v) is 11.6. The Labute approximate surface area is 319 Å². The molecule has 0 aliphatic heterocycles. The van der Waals surface area contributed by atoms with E-state index in [0.717, 1.165) is 43.8 Å². The van der Waals surface area contributed by atoms with E-state index in [9.17, 15) is 0 Å². The third kappa shape index (κ3) is 4.63. The summed E-state index contributed by atoms with van der Waals surface area (Å²) < 4.78 is 0. The molecule has 1 heteroatoms. The largest absolute Gasteiger partial charge is 0.289 e. The van der Waals surface area contributed by atoms with Crippen LogP contribution in [0.15, 0.2) is 193 Å². The molecule has 256 valence electrons. The second-order valence-electron chi connectivity index (χ2n) is 14.7. The van der Waals surface area contributed by atoms with Crippen LogP contribution in [0.1, 0.15) is 5.56 Å². The highest BCUT2D eigenvalue weighted by Gasteiger charge is 2.28. The molecule has 11 rings (SSSR count). The lowest BCUT2D eigenvalue weighted by Gasteiger charge is -2.24. The summed E-state index contributed by atoms with van der Waals surface area (Å²) in [5.41, 5.74) is 11.9. The quantitative estimate of drug-likeness (QED) is 0.129. The van der Waals surface area contributed by atoms with Crippen LogP contribution in [0.25, 0.3) is 109 Å². The van der Waals surface area contributed by atoms with Crippen LogP contribution in [0.5, 0.6) is 0 Å². The standard InChI is InChI=1S/C54H34O/c1-33-17-14-26-38(31-33)44-32-43(34-18-6-2-7-19-34)50-39-27-15-29-41-48(39)49-40(51(50)45(44)35-20-8-3-9-21-35)28-16-30-42(49)53-47(37-24-12-5-13-25-37)54(55)46(52(41)53)36-22-10-4-11-23-36/h2-32H,1H3. The number of rotatable bonds is 5. The Hall–Kier alpha value is -7.09. The van der Waals surface area contributed by atoms with Crippen LogP contribution in [-0.2, 0) is 0 Å². The molecule has 0 bridgehead atoms. The summed E-state index contributed by atoms with van der Waals surface area (Å²) >= 11 is 0. The Morgan fingerprint density at radius 1 is 0.291 bits per heavy atom. The molecule has 0 radical (unpaired) electrons. The minimum absolute atomic E-state index is 0.0745. The normalized spacial score (nSPS) is 11.8. The first-order chi connectivity index (χ1) is 27.2. The number of benzene rings is 10. The molecule has 11 aromatic rings. The molecule has 0 spiro atoms. The average molecular weight is 699 g/mol. The number of hydrogen-bond donors (Lipinski definition) is 0. The van der Waals surface area contributed by atoms with Crippen LogP contribution < -0.4 is 5.43 Å². The highest BCUT2D eigenvalue weighted by atomic mass is 16.1. The first-order valence-corrected chi connectivity index (χ1v) is 19.0. The van der Waals surface area contributed by atoms with Crippen molar-refractivity contribution < 1.29 is 0 Å². The Kier molecular flexibility index (Phi) is 6.99. The van der Waals surface area contributed by atoms with E-state index in [1.54, 1.807) is 0 Å². The van der Waals surface area contributed by atoms with Crippen LogP contribution in [0.4, 0.5) is 0 Å². The maximum Gasteiger partial charge on any atom is 0.195 e. The molecule has 0 aliphatic carbocycles. The zero-order valence-electron chi connectivity index (χ0n) is 30.3. The second-order valence-corrected chi connectivity index (χ2v) is 14.7. The van der Waals surface area contributed by atoms with Gasteiger partial charge in [-0.05, 0) is 101 Å². The minimum atomic E-state index is 0.0745.